The van der Waals surface area contributed by atoms with Crippen LogP contribution in [0.1, 0.15) is 26.5 Å². The molecule has 1 heterocycles. The summed E-state index contributed by atoms with van der Waals surface area (Å²) in [4.78, 5) is 4.29. The summed E-state index contributed by atoms with van der Waals surface area (Å²) in [6, 6.07) is 0.478. The van der Waals surface area contributed by atoms with Gasteiger partial charge in [0.1, 0.15) is 0 Å². The van der Waals surface area contributed by atoms with Gasteiger partial charge in [-0.05, 0) is 5.92 Å². The molecule has 0 aliphatic heterocycles. The van der Waals surface area contributed by atoms with Gasteiger partial charge >= 0.3 is 0 Å². The summed E-state index contributed by atoms with van der Waals surface area (Å²) in [5, 5.41) is 12.3. The molecule has 86 valence electrons. The molecular weight excluding hydrogens is 190 g/mol. The Kier molecular flexibility index (Phi) is 4.78. The van der Waals surface area contributed by atoms with Crippen LogP contribution in [0.15, 0.2) is 12.5 Å². The van der Waals surface area contributed by atoms with Crippen molar-refractivity contribution < 1.29 is 5.11 Å². The molecule has 1 rings (SSSR count). The van der Waals surface area contributed by atoms with Crippen LogP contribution in [0, 0.1) is 5.92 Å². The number of hydrogen-bond donors (Lipinski definition) is 2. The lowest BCUT2D eigenvalue weighted by atomic mass is 10.2. The highest BCUT2D eigenvalue weighted by atomic mass is 16.3. The van der Waals surface area contributed by atoms with Gasteiger partial charge in [0.25, 0.3) is 0 Å². The first-order valence-electron chi connectivity index (χ1n) is 5.46. The second-order valence-electron chi connectivity index (χ2n) is 4.39. The first-order chi connectivity index (χ1) is 7.11. The van der Waals surface area contributed by atoms with Gasteiger partial charge in [0.05, 0.1) is 12.0 Å². The Labute approximate surface area is 91.3 Å². The van der Waals surface area contributed by atoms with E-state index in [4.69, 9.17) is 5.11 Å². The number of rotatable bonds is 6. The van der Waals surface area contributed by atoms with Crippen molar-refractivity contribution in [1.29, 1.82) is 0 Å². The van der Waals surface area contributed by atoms with Gasteiger partial charge in [-0.1, -0.05) is 20.8 Å². The fourth-order valence-electron chi connectivity index (χ4n) is 1.32. The van der Waals surface area contributed by atoms with Crippen molar-refractivity contribution in [3.05, 3.63) is 18.2 Å². The van der Waals surface area contributed by atoms with E-state index >= 15 is 0 Å². The Hall–Kier alpha value is -0.870. The van der Waals surface area contributed by atoms with E-state index in [1.807, 2.05) is 24.0 Å². The Morgan fingerprint density at radius 1 is 1.47 bits per heavy atom. The highest BCUT2D eigenvalue weighted by Crippen LogP contribution is 2.02. The number of nitrogens with one attached hydrogen (secondary N) is 1. The Bertz CT molecular complexity index is 283. The number of aliphatic hydroxyl groups excluding tert-OH is 1. The van der Waals surface area contributed by atoms with Crippen molar-refractivity contribution in [1.82, 2.24) is 14.9 Å². The maximum absolute atomic E-state index is 8.93. The van der Waals surface area contributed by atoms with Crippen LogP contribution in [-0.2, 0) is 13.1 Å². The largest absolute Gasteiger partial charge is 0.396 e. The number of imidazole rings is 1. The minimum absolute atomic E-state index is 0.220. The van der Waals surface area contributed by atoms with Gasteiger partial charge in [0.15, 0.2) is 0 Å². The van der Waals surface area contributed by atoms with Gasteiger partial charge in [0, 0.05) is 31.9 Å². The van der Waals surface area contributed by atoms with E-state index in [-0.39, 0.29) is 12.5 Å². The van der Waals surface area contributed by atoms with E-state index < -0.39 is 0 Å². The molecule has 0 spiro atoms. The van der Waals surface area contributed by atoms with Crippen molar-refractivity contribution >= 4 is 0 Å². The van der Waals surface area contributed by atoms with Gasteiger partial charge in [-0.2, -0.15) is 0 Å². The zero-order valence-electron chi connectivity index (χ0n) is 9.77. The summed E-state index contributed by atoms with van der Waals surface area (Å²) < 4.78 is 2.03. The highest BCUT2D eigenvalue weighted by molar-refractivity contribution is 4.96. The Balaban J connectivity index is 2.42. The molecule has 0 aromatic carbocycles. The van der Waals surface area contributed by atoms with Crippen LogP contribution in [0.2, 0.25) is 0 Å². The fraction of sp³-hybridized carbons (Fsp3) is 0.727. The number of hydrogen-bond acceptors (Lipinski definition) is 3. The van der Waals surface area contributed by atoms with Gasteiger partial charge in [-0.25, -0.2) is 4.98 Å². The van der Waals surface area contributed by atoms with Gasteiger partial charge in [-0.15, -0.1) is 0 Å². The third-order valence-electron chi connectivity index (χ3n) is 2.21. The van der Waals surface area contributed by atoms with E-state index in [1.165, 1.54) is 0 Å². The predicted molar refractivity (Wildman–Crippen MR) is 60.5 cm³/mol. The van der Waals surface area contributed by atoms with E-state index in [2.05, 4.69) is 24.1 Å². The summed E-state index contributed by atoms with van der Waals surface area (Å²) in [5.74, 6) is 0.283. The highest BCUT2D eigenvalue weighted by Gasteiger charge is 2.03. The minimum atomic E-state index is 0.220. The minimum Gasteiger partial charge on any atom is -0.396 e. The number of nitrogens with zero attached hydrogens (tertiary/aromatic N) is 2. The molecule has 4 nitrogen and oxygen atoms in total. The summed E-state index contributed by atoms with van der Waals surface area (Å²) >= 11 is 0. The number of aliphatic hydroxyl groups is 1. The molecule has 1 aromatic rings. The van der Waals surface area contributed by atoms with Crippen LogP contribution in [0.25, 0.3) is 0 Å². The molecule has 0 radical (unpaired) electrons. The predicted octanol–water partition coefficient (Wildman–Crippen LogP) is 1.01. The van der Waals surface area contributed by atoms with E-state index in [9.17, 15) is 0 Å². The smallest absolute Gasteiger partial charge is 0.0950 e. The van der Waals surface area contributed by atoms with Crippen LogP contribution in [0.5, 0.6) is 0 Å². The van der Waals surface area contributed by atoms with Crippen LogP contribution in [0.3, 0.4) is 0 Å². The molecule has 2 N–H and O–H groups in total. The standard InChI is InChI=1S/C11H21N3O/c1-9(2)12-4-11-6-14(8-13-11)5-10(3)7-15/h6,8-10,12,15H,4-5,7H2,1-3H3. The molecule has 1 unspecified atom stereocenters. The maximum Gasteiger partial charge on any atom is 0.0950 e. The topological polar surface area (TPSA) is 50.1 Å². The lowest BCUT2D eigenvalue weighted by Crippen LogP contribution is -2.21. The fourth-order valence-corrected chi connectivity index (χ4v) is 1.32. The van der Waals surface area contributed by atoms with Crippen molar-refractivity contribution in [2.24, 2.45) is 5.92 Å². The monoisotopic (exact) mass is 211 g/mol. The average Bonchev–Trinajstić information content (AvgIpc) is 2.62. The Morgan fingerprint density at radius 3 is 2.80 bits per heavy atom. The third kappa shape index (κ3) is 4.44. The summed E-state index contributed by atoms with van der Waals surface area (Å²) in [5.41, 5.74) is 1.05. The molecule has 0 saturated carbocycles. The third-order valence-corrected chi connectivity index (χ3v) is 2.21. The quantitative estimate of drug-likeness (QED) is 0.738. The van der Waals surface area contributed by atoms with Crippen molar-refractivity contribution in [2.75, 3.05) is 6.61 Å². The van der Waals surface area contributed by atoms with Crippen molar-refractivity contribution in [2.45, 2.75) is 39.9 Å². The van der Waals surface area contributed by atoms with Crippen LogP contribution in [0.4, 0.5) is 0 Å². The van der Waals surface area contributed by atoms with Crippen molar-refractivity contribution in [3.8, 4) is 0 Å². The first-order valence-corrected chi connectivity index (χ1v) is 5.46. The molecular formula is C11H21N3O. The molecule has 0 aliphatic carbocycles. The molecule has 1 aromatic heterocycles. The summed E-state index contributed by atoms with van der Waals surface area (Å²) in [7, 11) is 0. The molecule has 0 fully saturated rings. The van der Waals surface area contributed by atoms with Crippen LogP contribution >= 0.6 is 0 Å². The normalized spacial score (nSPS) is 13.4. The lowest BCUT2D eigenvalue weighted by molar-refractivity contribution is 0.223. The zero-order chi connectivity index (χ0) is 11.3. The average molecular weight is 211 g/mol. The first kappa shape index (κ1) is 12.2. The van der Waals surface area contributed by atoms with Crippen LogP contribution < -0.4 is 5.32 Å². The second-order valence-corrected chi connectivity index (χ2v) is 4.39. The second kappa shape index (κ2) is 5.88. The van der Waals surface area contributed by atoms with E-state index in [1.54, 1.807) is 0 Å². The molecule has 4 heteroatoms. The summed E-state index contributed by atoms with van der Waals surface area (Å²) in [6.45, 7) is 8.10. The van der Waals surface area contributed by atoms with Gasteiger partial charge < -0.3 is 15.0 Å². The molecule has 15 heavy (non-hydrogen) atoms. The Morgan fingerprint density at radius 2 is 2.20 bits per heavy atom. The van der Waals surface area contributed by atoms with Crippen molar-refractivity contribution in [3.63, 3.8) is 0 Å². The molecule has 0 aliphatic rings. The molecule has 0 saturated heterocycles. The van der Waals surface area contributed by atoms with Crippen LogP contribution in [-0.4, -0.2) is 27.3 Å². The lowest BCUT2D eigenvalue weighted by Gasteiger charge is -2.07. The maximum atomic E-state index is 8.93. The zero-order valence-corrected chi connectivity index (χ0v) is 9.77. The molecule has 1 atom stereocenters. The van der Waals surface area contributed by atoms with Gasteiger partial charge in [-0.3, -0.25) is 0 Å². The molecule has 0 bridgehead atoms. The van der Waals surface area contributed by atoms with E-state index in [0.29, 0.717) is 6.04 Å². The number of aromatic nitrogens is 2. The van der Waals surface area contributed by atoms with E-state index in [0.717, 1.165) is 18.8 Å². The molecule has 0 amide bonds. The summed E-state index contributed by atoms with van der Waals surface area (Å²) in [6.07, 6.45) is 3.85. The van der Waals surface area contributed by atoms with Gasteiger partial charge in [0.2, 0.25) is 0 Å². The SMILES string of the molecule is CC(CO)Cn1cnc(CNC(C)C)c1.